The third kappa shape index (κ3) is 2.81. The summed E-state index contributed by atoms with van der Waals surface area (Å²) < 4.78 is 26.6. The summed E-state index contributed by atoms with van der Waals surface area (Å²) in [6.07, 6.45) is 1.64. The molecule has 0 fully saturated rings. The molecule has 0 spiro atoms. The minimum absolute atomic E-state index is 0.291. The monoisotopic (exact) mass is 285 g/mol. The van der Waals surface area contributed by atoms with Crippen LogP contribution in [0.2, 0.25) is 0 Å². The van der Waals surface area contributed by atoms with Gasteiger partial charge in [-0.25, -0.2) is 13.8 Å². The molecule has 0 aliphatic heterocycles. The van der Waals surface area contributed by atoms with Crippen LogP contribution in [0.5, 0.6) is 0 Å². The maximum Gasteiger partial charge on any atom is 0.147 e. The van der Waals surface area contributed by atoms with Gasteiger partial charge in [-0.3, -0.25) is 4.98 Å². The van der Waals surface area contributed by atoms with E-state index in [0.29, 0.717) is 17.9 Å². The molecule has 5 heteroatoms. The average molecular weight is 285 g/mol. The Balaban J connectivity index is 1.87. The van der Waals surface area contributed by atoms with Crippen LogP contribution in [0.25, 0.3) is 11.0 Å². The van der Waals surface area contributed by atoms with Gasteiger partial charge < -0.3 is 4.90 Å². The molecule has 0 amide bonds. The van der Waals surface area contributed by atoms with Crippen LogP contribution in [0.1, 0.15) is 5.56 Å². The molecule has 0 N–H and O–H groups in total. The van der Waals surface area contributed by atoms with Crippen molar-refractivity contribution in [2.45, 2.75) is 6.54 Å². The van der Waals surface area contributed by atoms with Crippen molar-refractivity contribution in [2.24, 2.45) is 0 Å². The van der Waals surface area contributed by atoms with Gasteiger partial charge in [0.1, 0.15) is 17.5 Å². The number of halogens is 2. The van der Waals surface area contributed by atoms with Gasteiger partial charge in [0, 0.05) is 25.2 Å². The number of fused-ring (bicyclic) bond motifs is 1. The Kier molecular flexibility index (Phi) is 3.48. The lowest BCUT2D eigenvalue weighted by Crippen LogP contribution is -2.18. The molecule has 0 saturated carbocycles. The van der Waals surface area contributed by atoms with Gasteiger partial charge in [0.15, 0.2) is 0 Å². The first-order valence-electron chi connectivity index (χ1n) is 6.50. The molecular weight excluding hydrogens is 272 g/mol. The van der Waals surface area contributed by atoms with Gasteiger partial charge >= 0.3 is 0 Å². The van der Waals surface area contributed by atoms with Gasteiger partial charge in [0.05, 0.1) is 17.2 Å². The Morgan fingerprint density at radius 1 is 1.05 bits per heavy atom. The van der Waals surface area contributed by atoms with Crippen LogP contribution in [-0.2, 0) is 6.54 Å². The van der Waals surface area contributed by atoms with Crippen molar-refractivity contribution in [1.82, 2.24) is 9.97 Å². The van der Waals surface area contributed by atoms with Gasteiger partial charge in [-0.15, -0.1) is 0 Å². The Morgan fingerprint density at radius 3 is 2.57 bits per heavy atom. The van der Waals surface area contributed by atoms with Crippen LogP contribution in [0.4, 0.5) is 14.6 Å². The molecule has 0 atom stereocenters. The van der Waals surface area contributed by atoms with Crippen LogP contribution in [0.3, 0.4) is 0 Å². The van der Waals surface area contributed by atoms with E-state index in [9.17, 15) is 8.78 Å². The van der Waals surface area contributed by atoms with Crippen LogP contribution in [0, 0.1) is 11.6 Å². The molecular formula is C16H13F2N3. The number of benzene rings is 2. The molecule has 0 aliphatic rings. The number of anilines is 1. The summed E-state index contributed by atoms with van der Waals surface area (Å²) in [4.78, 5) is 10.6. The van der Waals surface area contributed by atoms with Crippen molar-refractivity contribution in [3.63, 3.8) is 0 Å². The van der Waals surface area contributed by atoms with Gasteiger partial charge in [-0.2, -0.15) is 0 Å². The standard InChI is InChI=1S/C16H13F2N3/c1-21(10-11-6-7-12(17)8-13(11)18)16-9-19-14-4-2-3-5-15(14)20-16/h2-9H,10H2,1H3. The molecule has 0 aliphatic carbocycles. The molecule has 0 unspecified atom stereocenters. The number of aromatic nitrogens is 2. The normalized spacial score (nSPS) is 10.8. The van der Waals surface area contributed by atoms with E-state index in [-0.39, 0.29) is 0 Å². The van der Waals surface area contributed by atoms with Gasteiger partial charge in [-0.05, 0) is 18.2 Å². The lowest BCUT2D eigenvalue weighted by molar-refractivity contribution is 0.571. The quantitative estimate of drug-likeness (QED) is 0.737. The molecule has 21 heavy (non-hydrogen) atoms. The summed E-state index contributed by atoms with van der Waals surface area (Å²) in [5.41, 5.74) is 2.00. The molecule has 3 aromatic rings. The lowest BCUT2D eigenvalue weighted by Gasteiger charge is -2.18. The highest BCUT2D eigenvalue weighted by Crippen LogP contribution is 2.18. The third-order valence-corrected chi connectivity index (χ3v) is 3.25. The third-order valence-electron chi connectivity index (χ3n) is 3.25. The van der Waals surface area contributed by atoms with Gasteiger partial charge in [0.2, 0.25) is 0 Å². The van der Waals surface area contributed by atoms with E-state index in [4.69, 9.17) is 0 Å². The second-order valence-electron chi connectivity index (χ2n) is 4.81. The highest BCUT2D eigenvalue weighted by molar-refractivity contribution is 5.75. The van der Waals surface area contributed by atoms with E-state index < -0.39 is 11.6 Å². The number of hydrogen-bond donors (Lipinski definition) is 0. The van der Waals surface area contributed by atoms with E-state index in [1.54, 1.807) is 18.1 Å². The fourth-order valence-corrected chi connectivity index (χ4v) is 2.12. The summed E-state index contributed by atoms with van der Waals surface area (Å²) in [5.74, 6) is -0.502. The van der Waals surface area contributed by atoms with Crippen molar-refractivity contribution in [3.8, 4) is 0 Å². The highest BCUT2D eigenvalue weighted by atomic mass is 19.1. The highest BCUT2D eigenvalue weighted by Gasteiger charge is 2.09. The second-order valence-corrected chi connectivity index (χ2v) is 4.81. The summed E-state index contributed by atoms with van der Waals surface area (Å²) in [6, 6.07) is 11.1. The first-order valence-corrected chi connectivity index (χ1v) is 6.50. The molecule has 3 rings (SSSR count). The molecule has 0 bridgehead atoms. The Hall–Kier alpha value is -2.56. The summed E-state index contributed by atoms with van der Waals surface area (Å²) in [7, 11) is 1.79. The van der Waals surface area contributed by atoms with E-state index in [1.807, 2.05) is 24.3 Å². The fraction of sp³-hybridized carbons (Fsp3) is 0.125. The van der Waals surface area contributed by atoms with Crippen LogP contribution in [0.15, 0.2) is 48.7 Å². The van der Waals surface area contributed by atoms with Crippen LogP contribution in [-0.4, -0.2) is 17.0 Å². The van der Waals surface area contributed by atoms with Crippen LogP contribution < -0.4 is 4.90 Å². The SMILES string of the molecule is CN(Cc1ccc(F)cc1F)c1cnc2ccccc2n1. The number of hydrogen-bond acceptors (Lipinski definition) is 3. The lowest BCUT2D eigenvalue weighted by atomic mass is 10.2. The van der Waals surface area contributed by atoms with Crippen molar-refractivity contribution in [3.05, 3.63) is 65.9 Å². The van der Waals surface area contributed by atoms with Gasteiger partial charge in [-0.1, -0.05) is 18.2 Å². The first-order chi connectivity index (χ1) is 10.1. The largest absolute Gasteiger partial charge is 0.354 e. The molecule has 2 aromatic carbocycles. The molecule has 0 radical (unpaired) electrons. The predicted octanol–water partition coefficient (Wildman–Crippen LogP) is 3.54. The van der Waals surface area contributed by atoms with E-state index in [2.05, 4.69) is 9.97 Å². The van der Waals surface area contributed by atoms with Crippen molar-refractivity contribution in [1.29, 1.82) is 0 Å². The molecule has 1 aromatic heterocycles. The number of para-hydroxylation sites is 2. The van der Waals surface area contributed by atoms with E-state index >= 15 is 0 Å². The first kappa shape index (κ1) is 13.4. The maximum atomic E-state index is 13.7. The zero-order chi connectivity index (χ0) is 14.8. The summed E-state index contributed by atoms with van der Waals surface area (Å²) in [6.45, 7) is 0.291. The second kappa shape index (κ2) is 5.44. The molecule has 0 saturated heterocycles. The number of rotatable bonds is 3. The smallest absolute Gasteiger partial charge is 0.147 e. The summed E-state index contributed by atoms with van der Waals surface area (Å²) in [5, 5.41) is 0. The number of nitrogens with zero attached hydrogens (tertiary/aromatic N) is 3. The average Bonchev–Trinajstić information content (AvgIpc) is 2.49. The minimum Gasteiger partial charge on any atom is -0.354 e. The van der Waals surface area contributed by atoms with Gasteiger partial charge in [0.25, 0.3) is 0 Å². The van der Waals surface area contributed by atoms with Crippen LogP contribution >= 0.6 is 0 Å². The summed E-state index contributed by atoms with van der Waals surface area (Å²) >= 11 is 0. The zero-order valence-corrected chi connectivity index (χ0v) is 11.4. The Morgan fingerprint density at radius 2 is 1.81 bits per heavy atom. The minimum atomic E-state index is -0.579. The van der Waals surface area contributed by atoms with Crippen molar-refractivity contribution >= 4 is 16.9 Å². The zero-order valence-electron chi connectivity index (χ0n) is 11.4. The topological polar surface area (TPSA) is 29.0 Å². The van der Waals surface area contributed by atoms with Crippen molar-refractivity contribution < 1.29 is 8.78 Å². The maximum absolute atomic E-state index is 13.7. The van der Waals surface area contributed by atoms with E-state index in [0.717, 1.165) is 17.1 Å². The van der Waals surface area contributed by atoms with E-state index in [1.165, 1.54) is 12.1 Å². The Labute approximate surface area is 120 Å². The fourth-order valence-electron chi connectivity index (χ4n) is 2.12. The molecule has 1 heterocycles. The molecule has 3 nitrogen and oxygen atoms in total. The van der Waals surface area contributed by atoms with Crippen molar-refractivity contribution in [2.75, 3.05) is 11.9 Å². The molecule has 106 valence electrons. The Bertz CT molecular complexity index is 789. The predicted molar refractivity (Wildman–Crippen MR) is 78.0 cm³/mol.